The fourth-order valence-electron chi connectivity index (χ4n) is 2.17. The van der Waals surface area contributed by atoms with Crippen molar-refractivity contribution in [3.63, 3.8) is 0 Å². The van der Waals surface area contributed by atoms with Gasteiger partial charge in [-0.25, -0.2) is 0 Å². The fraction of sp³-hybridized carbons (Fsp3) is 0.227. The van der Waals surface area contributed by atoms with E-state index in [-0.39, 0.29) is 5.92 Å². The fourth-order valence-corrected chi connectivity index (χ4v) is 2.17. The Balaban J connectivity index is 1.85. The van der Waals surface area contributed by atoms with Crippen LogP contribution in [-0.4, -0.2) is 17.7 Å². The number of aliphatic carboxylic acids is 1. The summed E-state index contributed by atoms with van der Waals surface area (Å²) in [5.74, 6) is 5.80. The number of hydrogen-bond acceptors (Lipinski definition) is 2. The largest absolute Gasteiger partial charge is 0.490 e. The van der Waals surface area contributed by atoms with Crippen molar-refractivity contribution in [2.75, 3.05) is 6.61 Å². The van der Waals surface area contributed by atoms with Gasteiger partial charge in [-0.05, 0) is 54.8 Å². The second kappa shape index (κ2) is 9.34. The molecule has 0 aliphatic heterocycles. The lowest BCUT2D eigenvalue weighted by Crippen LogP contribution is -2.12. The summed E-state index contributed by atoms with van der Waals surface area (Å²) in [6.07, 6.45) is 2.46. The molecule has 0 saturated carbocycles. The van der Waals surface area contributed by atoms with Crippen molar-refractivity contribution in [2.24, 2.45) is 5.92 Å². The second-order valence-corrected chi connectivity index (χ2v) is 5.90. The number of hydrogen-bond donors (Lipinski definition) is 1. The monoisotopic (exact) mass is 334 g/mol. The van der Waals surface area contributed by atoms with E-state index in [1.807, 2.05) is 67.6 Å². The number of carboxylic acids is 1. The lowest BCUT2D eigenvalue weighted by Gasteiger charge is -2.08. The Morgan fingerprint density at radius 1 is 1.16 bits per heavy atom. The van der Waals surface area contributed by atoms with E-state index in [4.69, 9.17) is 9.84 Å². The molecule has 0 spiro atoms. The van der Waals surface area contributed by atoms with Crippen LogP contribution in [0.2, 0.25) is 0 Å². The van der Waals surface area contributed by atoms with Gasteiger partial charge in [-0.3, -0.25) is 4.79 Å². The Morgan fingerprint density at radius 2 is 1.84 bits per heavy atom. The minimum atomic E-state index is -0.780. The lowest BCUT2D eigenvalue weighted by molar-refractivity contribution is -0.141. The molecule has 3 heteroatoms. The van der Waals surface area contributed by atoms with Crippen molar-refractivity contribution in [3.8, 4) is 17.6 Å². The maximum Gasteiger partial charge on any atom is 0.306 e. The van der Waals surface area contributed by atoms with Crippen LogP contribution >= 0.6 is 0 Å². The van der Waals surface area contributed by atoms with Crippen LogP contribution in [0, 0.1) is 17.8 Å². The molecule has 128 valence electrons. The van der Waals surface area contributed by atoms with Gasteiger partial charge in [0.25, 0.3) is 0 Å². The summed E-state index contributed by atoms with van der Waals surface area (Å²) in [4.78, 5) is 10.9. The lowest BCUT2D eigenvalue weighted by atomic mass is 10.0. The van der Waals surface area contributed by atoms with Crippen LogP contribution < -0.4 is 4.74 Å². The summed E-state index contributed by atoms with van der Waals surface area (Å²) in [5, 5.41) is 8.94. The standard InChI is InChI=1S/C22H22O3/c1-17(8-9-19-6-4-3-5-7-19)14-15-25-21-12-10-20(11-13-21)16-18(2)22(23)24/h3-7,10-14,18H,15-16H2,1-2H3,(H,23,24)/b17-14+. The van der Waals surface area contributed by atoms with Crippen LogP contribution in [0.1, 0.15) is 25.0 Å². The van der Waals surface area contributed by atoms with Crippen LogP contribution in [-0.2, 0) is 11.2 Å². The van der Waals surface area contributed by atoms with Gasteiger partial charge in [-0.2, -0.15) is 0 Å². The zero-order valence-electron chi connectivity index (χ0n) is 14.5. The quantitative estimate of drug-likeness (QED) is 0.800. The van der Waals surface area contributed by atoms with E-state index in [2.05, 4.69) is 11.8 Å². The maximum atomic E-state index is 10.9. The van der Waals surface area contributed by atoms with Crippen LogP contribution in [0.3, 0.4) is 0 Å². The van der Waals surface area contributed by atoms with Gasteiger partial charge in [0.15, 0.2) is 0 Å². The molecule has 0 aliphatic rings. The van der Waals surface area contributed by atoms with E-state index in [0.29, 0.717) is 13.0 Å². The van der Waals surface area contributed by atoms with E-state index in [1.165, 1.54) is 0 Å². The van der Waals surface area contributed by atoms with E-state index in [9.17, 15) is 4.79 Å². The third kappa shape index (κ3) is 6.56. The second-order valence-electron chi connectivity index (χ2n) is 5.90. The number of carbonyl (C=O) groups is 1. The van der Waals surface area contributed by atoms with Crippen LogP contribution in [0.4, 0.5) is 0 Å². The highest BCUT2D eigenvalue weighted by Crippen LogP contribution is 2.15. The highest BCUT2D eigenvalue weighted by atomic mass is 16.5. The average Bonchev–Trinajstić information content (AvgIpc) is 2.62. The van der Waals surface area contributed by atoms with Crippen molar-refractivity contribution in [1.29, 1.82) is 0 Å². The molecular formula is C22H22O3. The van der Waals surface area contributed by atoms with Gasteiger partial charge in [0.05, 0.1) is 5.92 Å². The summed E-state index contributed by atoms with van der Waals surface area (Å²) >= 11 is 0. The highest BCUT2D eigenvalue weighted by molar-refractivity contribution is 5.69. The summed E-state index contributed by atoms with van der Waals surface area (Å²) in [6, 6.07) is 17.4. The Kier molecular flexibility index (Phi) is 6.86. The first-order valence-corrected chi connectivity index (χ1v) is 8.23. The Bertz CT molecular complexity index is 778. The predicted molar refractivity (Wildman–Crippen MR) is 99.5 cm³/mol. The molecule has 2 aromatic rings. The van der Waals surface area contributed by atoms with Crippen molar-refractivity contribution in [1.82, 2.24) is 0 Å². The third-order valence-electron chi connectivity index (χ3n) is 3.70. The smallest absolute Gasteiger partial charge is 0.306 e. The molecule has 0 bridgehead atoms. The molecule has 0 fully saturated rings. The summed E-state index contributed by atoms with van der Waals surface area (Å²) in [7, 11) is 0. The minimum Gasteiger partial charge on any atom is -0.490 e. The van der Waals surface area contributed by atoms with Crippen molar-refractivity contribution in [3.05, 3.63) is 77.4 Å². The molecule has 1 atom stereocenters. The molecule has 1 unspecified atom stereocenters. The van der Waals surface area contributed by atoms with Gasteiger partial charge < -0.3 is 9.84 Å². The molecule has 0 radical (unpaired) electrons. The van der Waals surface area contributed by atoms with Crippen molar-refractivity contribution in [2.45, 2.75) is 20.3 Å². The van der Waals surface area contributed by atoms with E-state index in [1.54, 1.807) is 6.92 Å². The molecule has 0 amide bonds. The molecule has 2 rings (SSSR count). The number of carboxylic acid groups (broad SMARTS) is 1. The first-order valence-electron chi connectivity index (χ1n) is 8.23. The number of rotatable bonds is 6. The van der Waals surface area contributed by atoms with Gasteiger partial charge in [0.2, 0.25) is 0 Å². The van der Waals surface area contributed by atoms with Gasteiger partial charge in [0.1, 0.15) is 12.4 Å². The summed E-state index contributed by atoms with van der Waals surface area (Å²) < 4.78 is 5.68. The molecule has 0 heterocycles. The predicted octanol–water partition coefficient (Wildman–Crippen LogP) is 4.33. The molecule has 0 aromatic heterocycles. The number of ether oxygens (including phenoxy) is 1. The SMILES string of the molecule is C/C(C#Cc1ccccc1)=C\COc1ccc(CC(C)C(=O)O)cc1. The molecule has 0 saturated heterocycles. The van der Waals surface area contributed by atoms with Gasteiger partial charge >= 0.3 is 5.97 Å². The molecular weight excluding hydrogens is 312 g/mol. The number of benzene rings is 2. The van der Waals surface area contributed by atoms with Crippen LogP contribution in [0.25, 0.3) is 0 Å². The number of allylic oxidation sites excluding steroid dienone is 1. The molecule has 3 nitrogen and oxygen atoms in total. The molecule has 1 N–H and O–H groups in total. The first kappa shape index (κ1) is 18.4. The molecule has 25 heavy (non-hydrogen) atoms. The molecule has 0 aliphatic carbocycles. The average molecular weight is 334 g/mol. The Labute approximate surface area is 149 Å². The Morgan fingerprint density at radius 3 is 2.48 bits per heavy atom. The van der Waals surface area contributed by atoms with Gasteiger partial charge in [-0.15, -0.1) is 0 Å². The zero-order chi connectivity index (χ0) is 18.1. The zero-order valence-corrected chi connectivity index (χ0v) is 14.5. The highest BCUT2D eigenvalue weighted by Gasteiger charge is 2.11. The maximum absolute atomic E-state index is 10.9. The van der Waals surface area contributed by atoms with Gasteiger partial charge in [0, 0.05) is 5.56 Å². The third-order valence-corrected chi connectivity index (χ3v) is 3.70. The van der Waals surface area contributed by atoms with Crippen LogP contribution in [0.5, 0.6) is 5.75 Å². The van der Waals surface area contributed by atoms with Crippen molar-refractivity contribution >= 4 is 5.97 Å². The summed E-state index contributed by atoms with van der Waals surface area (Å²) in [6.45, 7) is 4.10. The topological polar surface area (TPSA) is 46.5 Å². The van der Waals surface area contributed by atoms with E-state index in [0.717, 1.165) is 22.4 Å². The first-order chi connectivity index (χ1) is 12.0. The Hall–Kier alpha value is -2.99. The summed E-state index contributed by atoms with van der Waals surface area (Å²) in [5.41, 5.74) is 2.93. The molecule has 2 aromatic carbocycles. The normalized spacial score (nSPS) is 12.0. The van der Waals surface area contributed by atoms with Crippen molar-refractivity contribution < 1.29 is 14.6 Å². The van der Waals surface area contributed by atoms with E-state index < -0.39 is 5.97 Å². The van der Waals surface area contributed by atoms with E-state index >= 15 is 0 Å². The minimum absolute atomic E-state index is 0.388. The van der Waals surface area contributed by atoms with Crippen LogP contribution in [0.15, 0.2) is 66.2 Å². The van der Waals surface area contributed by atoms with Gasteiger partial charge in [-0.1, -0.05) is 49.1 Å².